The summed E-state index contributed by atoms with van der Waals surface area (Å²) in [5, 5.41) is 9.72. The highest BCUT2D eigenvalue weighted by atomic mass is 16.5. The first-order valence-electron chi connectivity index (χ1n) is 9.44. The van der Waals surface area contributed by atoms with Crippen LogP contribution in [0.1, 0.15) is 29.5 Å². The number of hydrogen-bond acceptors (Lipinski definition) is 5. The molecular weight excluding hydrogens is 384 g/mol. The smallest absolute Gasteiger partial charge is 0.267 e. The number of nitrogens with zero attached hydrogens (tertiary/aromatic N) is 1. The van der Waals surface area contributed by atoms with Crippen molar-refractivity contribution in [1.82, 2.24) is 10.0 Å². The third kappa shape index (κ3) is 3.97. The average molecular weight is 410 g/mol. The van der Waals surface area contributed by atoms with Crippen molar-refractivity contribution >= 4 is 22.9 Å². The third-order valence-corrected chi connectivity index (χ3v) is 5.26. The molecule has 0 bridgehead atoms. The van der Waals surface area contributed by atoms with Crippen LogP contribution < -0.4 is 19.7 Å². The summed E-state index contributed by atoms with van der Waals surface area (Å²) in [6, 6.07) is 10.2. The van der Waals surface area contributed by atoms with Gasteiger partial charge in [-0.3, -0.25) is 10.0 Å². The van der Waals surface area contributed by atoms with Gasteiger partial charge in [0, 0.05) is 41.7 Å². The maximum atomic E-state index is 11.4. The van der Waals surface area contributed by atoms with Crippen molar-refractivity contribution in [2.75, 3.05) is 21.3 Å². The maximum absolute atomic E-state index is 11.4. The Kier molecular flexibility index (Phi) is 6.32. The van der Waals surface area contributed by atoms with E-state index in [2.05, 4.69) is 25.1 Å². The zero-order valence-electron chi connectivity index (χ0n) is 17.7. The van der Waals surface area contributed by atoms with Crippen LogP contribution in [0.4, 0.5) is 0 Å². The van der Waals surface area contributed by atoms with E-state index >= 15 is 0 Å². The first-order valence-corrected chi connectivity index (χ1v) is 9.44. The number of hydroxylamine groups is 1. The van der Waals surface area contributed by atoms with Crippen molar-refractivity contribution in [2.45, 2.75) is 12.8 Å². The number of nitrogens with one attached hydrogen (secondary N) is 1. The molecule has 1 amide bonds. The fourth-order valence-corrected chi connectivity index (χ4v) is 3.59. The maximum Gasteiger partial charge on any atom is 0.267 e. The summed E-state index contributed by atoms with van der Waals surface area (Å²) in [5.74, 6) is 1.26. The number of hydrogen-bond donors (Lipinski definition) is 2. The number of carbonyl (C=O) groups is 1. The number of benzene rings is 2. The molecular formula is C23H26N2O5. The molecule has 30 heavy (non-hydrogen) atoms. The fourth-order valence-electron chi connectivity index (χ4n) is 3.59. The number of amides is 1. The van der Waals surface area contributed by atoms with Gasteiger partial charge in [0.1, 0.15) is 0 Å². The van der Waals surface area contributed by atoms with E-state index in [4.69, 9.17) is 19.4 Å². The van der Waals surface area contributed by atoms with Gasteiger partial charge >= 0.3 is 0 Å². The molecule has 7 heteroatoms. The van der Waals surface area contributed by atoms with Crippen LogP contribution in [-0.2, 0) is 11.8 Å². The minimum Gasteiger partial charge on any atom is -0.493 e. The lowest BCUT2D eigenvalue weighted by molar-refractivity contribution is -0.124. The summed E-state index contributed by atoms with van der Waals surface area (Å²) in [6.45, 7) is 2.11. The van der Waals surface area contributed by atoms with Crippen molar-refractivity contribution < 1.29 is 24.2 Å². The Hall–Kier alpha value is -3.45. The van der Waals surface area contributed by atoms with Crippen LogP contribution >= 0.6 is 0 Å². The van der Waals surface area contributed by atoms with Gasteiger partial charge in [-0.25, -0.2) is 5.48 Å². The monoisotopic (exact) mass is 410 g/mol. The van der Waals surface area contributed by atoms with Gasteiger partial charge in [0.2, 0.25) is 5.75 Å². The molecule has 2 aromatic carbocycles. The minimum atomic E-state index is -0.575. The van der Waals surface area contributed by atoms with Gasteiger partial charge in [-0.1, -0.05) is 13.0 Å². The second-order valence-electron chi connectivity index (χ2n) is 6.96. The molecule has 0 spiro atoms. The largest absolute Gasteiger partial charge is 0.493 e. The molecule has 3 rings (SSSR count). The predicted octanol–water partition coefficient (Wildman–Crippen LogP) is 3.87. The van der Waals surface area contributed by atoms with E-state index in [-0.39, 0.29) is 5.92 Å². The predicted molar refractivity (Wildman–Crippen MR) is 115 cm³/mol. The number of ether oxygens (including phenoxy) is 3. The third-order valence-electron chi connectivity index (χ3n) is 5.26. The number of methoxy groups -OCH3 is 3. The van der Waals surface area contributed by atoms with Crippen LogP contribution in [0, 0.1) is 0 Å². The molecule has 1 aromatic heterocycles. The van der Waals surface area contributed by atoms with E-state index in [0.717, 1.165) is 27.6 Å². The summed E-state index contributed by atoms with van der Waals surface area (Å²) >= 11 is 0. The lowest BCUT2D eigenvalue weighted by atomic mass is 9.91. The summed E-state index contributed by atoms with van der Waals surface area (Å²) in [6.07, 6.45) is 4.92. The van der Waals surface area contributed by atoms with Crippen LogP contribution in [-0.4, -0.2) is 37.0 Å². The minimum absolute atomic E-state index is 0.0564. The lowest BCUT2D eigenvalue weighted by Gasteiger charge is -2.18. The highest BCUT2D eigenvalue weighted by Crippen LogP contribution is 2.41. The first kappa shape index (κ1) is 21.3. The summed E-state index contributed by atoms with van der Waals surface area (Å²) in [4.78, 5) is 11.4. The molecule has 7 nitrogen and oxygen atoms in total. The molecule has 1 unspecified atom stereocenters. The van der Waals surface area contributed by atoms with Gasteiger partial charge in [-0.2, -0.15) is 0 Å². The van der Waals surface area contributed by atoms with E-state index in [0.29, 0.717) is 17.2 Å². The second kappa shape index (κ2) is 8.92. The molecule has 0 radical (unpaired) electrons. The Labute approximate surface area is 175 Å². The Morgan fingerprint density at radius 3 is 2.30 bits per heavy atom. The zero-order chi connectivity index (χ0) is 21.8. The lowest BCUT2D eigenvalue weighted by Crippen LogP contribution is -2.14. The molecule has 0 saturated heterocycles. The summed E-state index contributed by atoms with van der Waals surface area (Å²) in [7, 11) is 6.73. The Balaban J connectivity index is 2.06. The van der Waals surface area contributed by atoms with Crippen LogP contribution in [0.5, 0.6) is 17.2 Å². The van der Waals surface area contributed by atoms with Gasteiger partial charge in [-0.05, 0) is 41.5 Å². The number of carbonyl (C=O) groups excluding carboxylic acids is 1. The SMILES string of the molecule is COc1cc(C(C)c2ccc3c(c2)c(/C=C/C(=O)NO)cn3C)cc(OC)c1OC. The number of fused-ring (bicyclic) bond motifs is 1. The molecule has 158 valence electrons. The molecule has 0 aliphatic carbocycles. The topological polar surface area (TPSA) is 82.0 Å². The van der Waals surface area contributed by atoms with Gasteiger partial charge in [0.25, 0.3) is 5.91 Å². The molecule has 0 aliphatic heterocycles. The van der Waals surface area contributed by atoms with Crippen LogP contribution in [0.2, 0.25) is 0 Å². The highest BCUT2D eigenvalue weighted by Gasteiger charge is 2.18. The first-order chi connectivity index (χ1) is 14.4. The Morgan fingerprint density at radius 2 is 1.73 bits per heavy atom. The molecule has 2 N–H and O–H groups in total. The molecule has 0 fully saturated rings. The van der Waals surface area contributed by atoms with E-state index < -0.39 is 5.91 Å². The highest BCUT2D eigenvalue weighted by molar-refractivity contribution is 5.96. The average Bonchev–Trinajstić information content (AvgIpc) is 3.10. The standard InChI is InChI=1S/C23H26N2O5/c1-14(17-11-20(28-3)23(30-5)21(12-17)29-4)15-6-8-19-18(10-15)16(13-25(19)2)7-9-22(26)24-27/h6-14,27H,1-5H3,(H,24,26)/b9-7+. The molecule has 0 saturated carbocycles. The van der Waals surface area contributed by atoms with E-state index in [1.165, 1.54) is 6.08 Å². The Bertz CT molecular complexity index is 1080. The summed E-state index contributed by atoms with van der Waals surface area (Å²) < 4.78 is 18.4. The number of rotatable bonds is 7. The van der Waals surface area contributed by atoms with Gasteiger partial charge in [0.15, 0.2) is 11.5 Å². The molecule has 1 heterocycles. The van der Waals surface area contributed by atoms with Crippen molar-refractivity contribution in [1.29, 1.82) is 0 Å². The number of aryl methyl sites for hydroxylation is 1. The second-order valence-corrected chi connectivity index (χ2v) is 6.96. The quantitative estimate of drug-likeness (QED) is 0.351. The van der Waals surface area contributed by atoms with Crippen LogP contribution in [0.3, 0.4) is 0 Å². The Morgan fingerprint density at radius 1 is 1.07 bits per heavy atom. The van der Waals surface area contributed by atoms with Gasteiger partial charge < -0.3 is 18.8 Å². The van der Waals surface area contributed by atoms with E-state index in [1.807, 2.05) is 29.9 Å². The van der Waals surface area contributed by atoms with Crippen molar-refractivity contribution in [3.05, 3.63) is 59.3 Å². The van der Waals surface area contributed by atoms with Crippen LogP contribution in [0.25, 0.3) is 17.0 Å². The van der Waals surface area contributed by atoms with Crippen molar-refractivity contribution in [2.24, 2.45) is 7.05 Å². The van der Waals surface area contributed by atoms with Crippen LogP contribution in [0.15, 0.2) is 42.6 Å². The molecule has 1 atom stereocenters. The molecule has 3 aromatic rings. The van der Waals surface area contributed by atoms with Crippen molar-refractivity contribution in [3.8, 4) is 17.2 Å². The normalized spacial score (nSPS) is 12.2. The number of aromatic nitrogens is 1. The van der Waals surface area contributed by atoms with E-state index in [1.54, 1.807) is 32.9 Å². The van der Waals surface area contributed by atoms with Gasteiger partial charge in [0.05, 0.1) is 21.3 Å². The van der Waals surface area contributed by atoms with E-state index in [9.17, 15) is 4.79 Å². The van der Waals surface area contributed by atoms with Crippen molar-refractivity contribution in [3.63, 3.8) is 0 Å². The zero-order valence-corrected chi connectivity index (χ0v) is 17.7. The fraction of sp³-hybridized carbons (Fsp3) is 0.261. The van der Waals surface area contributed by atoms with Gasteiger partial charge in [-0.15, -0.1) is 0 Å². The molecule has 0 aliphatic rings. The summed E-state index contributed by atoms with van der Waals surface area (Å²) in [5.41, 5.74) is 5.66.